The highest BCUT2D eigenvalue weighted by Crippen LogP contribution is 2.19. The summed E-state index contributed by atoms with van der Waals surface area (Å²) in [5.74, 6) is 1.94. The fourth-order valence-corrected chi connectivity index (χ4v) is 2.31. The number of nitrogens with zero attached hydrogens (tertiary/aromatic N) is 4. The Bertz CT molecular complexity index is 749. The summed E-state index contributed by atoms with van der Waals surface area (Å²) in [4.78, 5) is 24.6. The molecule has 0 saturated heterocycles. The Hall–Kier alpha value is -2.83. The molecule has 0 saturated carbocycles. The van der Waals surface area contributed by atoms with Crippen molar-refractivity contribution >= 4 is 11.9 Å². The van der Waals surface area contributed by atoms with E-state index in [0.29, 0.717) is 42.7 Å². The van der Waals surface area contributed by atoms with Crippen molar-refractivity contribution in [1.29, 1.82) is 0 Å². The number of carbonyl (C=O) groups is 1. The summed E-state index contributed by atoms with van der Waals surface area (Å²) < 4.78 is 11.2. The van der Waals surface area contributed by atoms with E-state index in [1.807, 2.05) is 52.2 Å². The van der Waals surface area contributed by atoms with E-state index in [2.05, 4.69) is 9.97 Å². The second-order valence-corrected chi connectivity index (χ2v) is 6.05. The van der Waals surface area contributed by atoms with Crippen LogP contribution >= 0.6 is 0 Å². The molecule has 1 aromatic carbocycles. The second kappa shape index (κ2) is 9.03. The Kier molecular flexibility index (Phi) is 6.77. The Balaban J connectivity index is 1.92. The van der Waals surface area contributed by atoms with Gasteiger partial charge in [-0.3, -0.25) is 4.79 Å². The number of anilines is 1. The highest BCUT2D eigenvalue weighted by molar-refractivity contribution is 5.94. The third-order valence-electron chi connectivity index (χ3n) is 3.76. The van der Waals surface area contributed by atoms with Crippen LogP contribution < -0.4 is 14.4 Å². The number of hydrogen-bond donors (Lipinski definition) is 0. The first-order valence-corrected chi connectivity index (χ1v) is 8.54. The summed E-state index contributed by atoms with van der Waals surface area (Å²) in [5.41, 5.74) is 1.15. The molecule has 7 nitrogen and oxygen atoms in total. The zero-order valence-corrected chi connectivity index (χ0v) is 16.0. The zero-order chi connectivity index (χ0) is 19.1. The lowest BCUT2D eigenvalue weighted by Gasteiger charge is -2.19. The number of likely N-dealkylation sites (N-methyl/N-ethyl adjacent to an activating group) is 1. The lowest BCUT2D eigenvalue weighted by atomic mass is 10.2. The molecule has 0 spiro atoms. The lowest BCUT2D eigenvalue weighted by molar-refractivity contribution is 0.0772. The molecule has 0 fully saturated rings. The normalized spacial score (nSPS) is 10.3. The van der Waals surface area contributed by atoms with Crippen LogP contribution in [0, 0.1) is 6.92 Å². The van der Waals surface area contributed by atoms with Crippen LogP contribution in [0.5, 0.6) is 11.5 Å². The van der Waals surface area contributed by atoms with E-state index in [1.54, 1.807) is 23.0 Å². The minimum absolute atomic E-state index is 0.125. The van der Waals surface area contributed by atoms with Gasteiger partial charge < -0.3 is 19.3 Å². The number of amides is 1. The van der Waals surface area contributed by atoms with E-state index in [0.717, 1.165) is 5.75 Å². The van der Waals surface area contributed by atoms with Gasteiger partial charge in [0.1, 0.15) is 18.1 Å². The second-order valence-electron chi connectivity index (χ2n) is 6.05. The molecule has 140 valence electrons. The van der Waals surface area contributed by atoms with Crippen molar-refractivity contribution in [3.63, 3.8) is 0 Å². The Morgan fingerprint density at radius 3 is 2.46 bits per heavy atom. The first-order valence-electron chi connectivity index (χ1n) is 8.54. The molecule has 26 heavy (non-hydrogen) atoms. The molecule has 2 aromatic rings. The minimum Gasteiger partial charge on any atom is -0.494 e. The Morgan fingerprint density at radius 2 is 1.85 bits per heavy atom. The molecular weight excluding hydrogens is 332 g/mol. The molecule has 2 rings (SSSR count). The predicted octanol–water partition coefficient (Wildman–Crippen LogP) is 2.40. The molecule has 1 heterocycles. The van der Waals surface area contributed by atoms with Crippen LogP contribution in [0.3, 0.4) is 0 Å². The average molecular weight is 358 g/mol. The summed E-state index contributed by atoms with van der Waals surface area (Å²) in [6.45, 7) is 5.19. The largest absolute Gasteiger partial charge is 0.494 e. The number of aryl methyl sites for hydroxylation is 1. The summed E-state index contributed by atoms with van der Waals surface area (Å²) in [5, 5.41) is 0. The summed E-state index contributed by atoms with van der Waals surface area (Å²) in [6.07, 6.45) is 1.57. The molecule has 0 atom stereocenters. The zero-order valence-electron chi connectivity index (χ0n) is 16.0. The number of rotatable bonds is 8. The third kappa shape index (κ3) is 5.08. The highest BCUT2D eigenvalue weighted by Gasteiger charge is 2.16. The fraction of sp³-hybridized carbons (Fsp3) is 0.421. The first-order chi connectivity index (χ1) is 12.4. The predicted molar refractivity (Wildman–Crippen MR) is 101 cm³/mol. The van der Waals surface area contributed by atoms with Crippen molar-refractivity contribution in [2.45, 2.75) is 13.8 Å². The van der Waals surface area contributed by atoms with Gasteiger partial charge >= 0.3 is 0 Å². The molecule has 0 aliphatic rings. The third-order valence-corrected chi connectivity index (χ3v) is 3.76. The van der Waals surface area contributed by atoms with Gasteiger partial charge in [-0.25, -0.2) is 9.97 Å². The SMILES string of the molecule is CCOc1cccc(OCCN(C)C(=O)c2cnc(N(C)C)nc2C)c1. The van der Waals surface area contributed by atoms with Gasteiger partial charge in [0.15, 0.2) is 0 Å². The monoisotopic (exact) mass is 358 g/mol. The van der Waals surface area contributed by atoms with Gasteiger partial charge in [0.25, 0.3) is 5.91 Å². The number of hydrogen-bond acceptors (Lipinski definition) is 6. The molecule has 0 radical (unpaired) electrons. The quantitative estimate of drug-likeness (QED) is 0.722. The molecule has 0 bridgehead atoms. The smallest absolute Gasteiger partial charge is 0.257 e. The van der Waals surface area contributed by atoms with Crippen LogP contribution in [0.2, 0.25) is 0 Å². The maximum Gasteiger partial charge on any atom is 0.257 e. The molecule has 1 aromatic heterocycles. The van der Waals surface area contributed by atoms with E-state index in [9.17, 15) is 4.79 Å². The fourth-order valence-electron chi connectivity index (χ4n) is 2.31. The highest BCUT2D eigenvalue weighted by atomic mass is 16.5. The summed E-state index contributed by atoms with van der Waals surface area (Å²) >= 11 is 0. The number of carbonyl (C=O) groups excluding carboxylic acids is 1. The average Bonchev–Trinajstić information content (AvgIpc) is 2.61. The van der Waals surface area contributed by atoms with Crippen LogP contribution in [0.1, 0.15) is 23.0 Å². The van der Waals surface area contributed by atoms with Gasteiger partial charge in [-0.15, -0.1) is 0 Å². The van der Waals surface area contributed by atoms with Gasteiger partial charge in [0.05, 0.1) is 24.4 Å². The Labute approximate surface area is 154 Å². The first kappa shape index (κ1) is 19.5. The van der Waals surface area contributed by atoms with Crippen molar-refractivity contribution in [2.75, 3.05) is 45.8 Å². The topological polar surface area (TPSA) is 67.8 Å². The van der Waals surface area contributed by atoms with E-state index in [4.69, 9.17) is 9.47 Å². The van der Waals surface area contributed by atoms with Crippen LogP contribution in [0.4, 0.5) is 5.95 Å². The maximum atomic E-state index is 12.6. The molecule has 7 heteroatoms. The molecule has 1 amide bonds. The van der Waals surface area contributed by atoms with Crippen molar-refractivity contribution in [2.24, 2.45) is 0 Å². The maximum absolute atomic E-state index is 12.6. The summed E-state index contributed by atoms with van der Waals surface area (Å²) in [6, 6.07) is 7.46. The van der Waals surface area contributed by atoms with E-state index < -0.39 is 0 Å². The van der Waals surface area contributed by atoms with Gasteiger partial charge in [0.2, 0.25) is 5.95 Å². The van der Waals surface area contributed by atoms with Crippen molar-refractivity contribution in [3.05, 3.63) is 41.7 Å². The van der Waals surface area contributed by atoms with Gasteiger partial charge in [-0.05, 0) is 26.0 Å². The number of aromatic nitrogens is 2. The van der Waals surface area contributed by atoms with Gasteiger partial charge in [-0.2, -0.15) is 0 Å². The van der Waals surface area contributed by atoms with Crippen LogP contribution in [0.15, 0.2) is 30.5 Å². The van der Waals surface area contributed by atoms with Crippen LogP contribution in [-0.2, 0) is 0 Å². The van der Waals surface area contributed by atoms with E-state index in [-0.39, 0.29) is 5.91 Å². The molecular formula is C19H26N4O3. The summed E-state index contributed by atoms with van der Waals surface area (Å²) in [7, 11) is 5.46. The van der Waals surface area contributed by atoms with Crippen LogP contribution in [0.25, 0.3) is 0 Å². The Morgan fingerprint density at radius 1 is 1.15 bits per heavy atom. The van der Waals surface area contributed by atoms with Crippen molar-refractivity contribution in [3.8, 4) is 11.5 Å². The van der Waals surface area contributed by atoms with Crippen molar-refractivity contribution in [1.82, 2.24) is 14.9 Å². The number of benzene rings is 1. The van der Waals surface area contributed by atoms with Gasteiger partial charge in [0, 0.05) is 33.4 Å². The molecule has 0 aliphatic carbocycles. The minimum atomic E-state index is -0.125. The molecule has 0 unspecified atom stereocenters. The molecule has 0 aliphatic heterocycles. The standard InChI is InChI=1S/C19H26N4O3/c1-6-25-15-8-7-9-16(12-15)26-11-10-23(5)18(24)17-13-20-19(22(3)4)21-14(17)2/h7-9,12-13H,6,10-11H2,1-5H3. The van der Waals surface area contributed by atoms with E-state index >= 15 is 0 Å². The van der Waals surface area contributed by atoms with Crippen LogP contribution in [-0.4, -0.2) is 61.7 Å². The van der Waals surface area contributed by atoms with Crippen molar-refractivity contribution < 1.29 is 14.3 Å². The van der Waals surface area contributed by atoms with E-state index in [1.165, 1.54) is 0 Å². The lowest BCUT2D eigenvalue weighted by Crippen LogP contribution is -2.31. The number of ether oxygens (including phenoxy) is 2. The van der Waals surface area contributed by atoms with Gasteiger partial charge in [-0.1, -0.05) is 6.07 Å². The molecule has 0 N–H and O–H groups in total.